The van der Waals surface area contributed by atoms with E-state index in [0.29, 0.717) is 12.2 Å². The first-order valence-corrected chi connectivity index (χ1v) is 5.11. The van der Waals surface area contributed by atoms with Crippen LogP contribution in [0.4, 0.5) is 0 Å². The number of epoxide rings is 1. The van der Waals surface area contributed by atoms with Crippen LogP contribution in [0.25, 0.3) is 0 Å². The quantitative estimate of drug-likeness (QED) is 0.451. The standard InChI is InChI=1S/C10H20NO/c1-5-7-9-10(12-9)8(6-2)11(7,3)4/h7-10H,5-6H2,1-4H3/q+1. The van der Waals surface area contributed by atoms with Crippen LogP contribution in [-0.2, 0) is 4.74 Å². The van der Waals surface area contributed by atoms with E-state index >= 15 is 0 Å². The summed E-state index contributed by atoms with van der Waals surface area (Å²) in [6.45, 7) is 4.56. The molecule has 0 aromatic heterocycles. The number of hydrogen-bond donors (Lipinski definition) is 0. The van der Waals surface area contributed by atoms with Crippen LogP contribution in [0.3, 0.4) is 0 Å². The fourth-order valence-electron chi connectivity index (χ4n) is 3.16. The van der Waals surface area contributed by atoms with Crippen LogP contribution < -0.4 is 0 Å². The van der Waals surface area contributed by atoms with E-state index in [0.717, 1.165) is 12.1 Å². The lowest BCUT2D eigenvalue weighted by Gasteiger charge is -2.38. The highest BCUT2D eigenvalue weighted by Crippen LogP contribution is 2.46. The van der Waals surface area contributed by atoms with Crippen LogP contribution in [0.1, 0.15) is 26.7 Å². The number of morpholine rings is 1. The molecule has 12 heavy (non-hydrogen) atoms. The third kappa shape index (κ3) is 0.882. The minimum Gasteiger partial charge on any atom is -0.357 e. The van der Waals surface area contributed by atoms with Gasteiger partial charge in [0.1, 0.15) is 24.3 Å². The molecule has 0 amide bonds. The largest absolute Gasteiger partial charge is 0.357 e. The Morgan fingerprint density at radius 2 is 1.42 bits per heavy atom. The number of rotatable bonds is 2. The Morgan fingerprint density at radius 3 is 1.67 bits per heavy atom. The number of quaternary nitrogens is 1. The number of likely N-dealkylation sites (tertiary alicyclic amines) is 1. The van der Waals surface area contributed by atoms with Gasteiger partial charge in [0, 0.05) is 0 Å². The van der Waals surface area contributed by atoms with Crippen LogP contribution in [-0.4, -0.2) is 42.9 Å². The lowest BCUT2D eigenvalue weighted by Crippen LogP contribution is -2.53. The molecule has 70 valence electrons. The Balaban J connectivity index is 2.18. The Kier molecular flexibility index (Phi) is 1.74. The Labute approximate surface area is 75.1 Å². The molecule has 2 saturated heterocycles. The molecule has 2 nitrogen and oxygen atoms in total. The molecule has 4 atom stereocenters. The van der Waals surface area contributed by atoms with Gasteiger partial charge in [0.2, 0.25) is 0 Å². The van der Waals surface area contributed by atoms with Gasteiger partial charge in [-0.15, -0.1) is 0 Å². The van der Waals surface area contributed by atoms with Crippen molar-refractivity contribution in [1.82, 2.24) is 0 Å². The van der Waals surface area contributed by atoms with Gasteiger partial charge < -0.3 is 9.22 Å². The van der Waals surface area contributed by atoms with Gasteiger partial charge >= 0.3 is 0 Å². The second-order valence-corrected chi connectivity index (χ2v) is 4.65. The molecule has 2 rings (SSSR count). The highest BCUT2D eigenvalue weighted by Gasteiger charge is 2.66. The zero-order valence-corrected chi connectivity index (χ0v) is 8.58. The highest BCUT2D eigenvalue weighted by molar-refractivity contribution is 5.02. The first kappa shape index (κ1) is 8.52. The summed E-state index contributed by atoms with van der Waals surface area (Å²) >= 11 is 0. The summed E-state index contributed by atoms with van der Waals surface area (Å²) in [7, 11) is 4.72. The summed E-state index contributed by atoms with van der Waals surface area (Å²) in [5, 5.41) is 0. The predicted molar refractivity (Wildman–Crippen MR) is 48.9 cm³/mol. The summed E-state index contributed by atoms with van der Waals surface area (Å²) in [5.74, 6) is 0. The second kappa shape index (κ2) is 2.46. The smallest absolute Gasteiger partial charge is 0.142 e. The van der Waals surface area contributed by atoms with Crippen molar-refractivity contribution in [3.63, 3.8) is 0 Å². The number of ether oxygens (including phenoxy) is 1. The van der Waals surface area contributed by atoms with Crippen molar-refractivity contribution in [1.29, 1.82) is 0 Å². The van der Waals surface area contributed by atoms with E-state index in [2.05, 4.69) is 27.9 Å². The first-order chi connectivity index (χ1) is 5.62. The topological polar surface area (TPSA) is 12.5 Å². The molecule has 2 aliphatic rings. The maximum absolute atomic E-state index is 5.68. The molecular formula is C10H20NO+. The molecule has 2 heterocycles. The van der Waals surface area contributed by atoms with Crippen molar-refractivity contribution in [2.75, 3.05) is 14.1 Å². The van der Waals surface area contributed by atoms with Gasteiger partial charge in [0.15, 0.2) is 0 Å². The van der Waals surface area contributed by atoms with Crippen molar-refractivity contribution in [3.8, 4) is 0 Å². The van der Waals surface area contributed by atoms with Crippen molar-refractivity contribution < 1.29 is 9.22 Å². The van der Waals surface area contributed by atoms with Crippen LogP contribution in [0.5, 0.6) is 0 Å². The second-order valence-electron chi connectivity index (χ2n) is 4.65. The van der Waals surface area contributed by atoms with E-state index in [1.165, 1.54) is 17.3 Å². The maximum atomic E-state index is 5.68. The number of hydrogen-bond acceptors (Lipinski definition) is 1. The molecule has 0 radical (unpaired) electrons. The van der Waals surface area contributed by atoms with E-state index in [-0.39, 0.29) is 0 Å². The summed E-state index contributed by atoms with van der Waals surface area (Å²) in [6.07, 6.45) is 3.69. The number of nitrogens with zero attached hydrogens (tertiary/aromatic N) is 1. The molecule has 0 bridgehead atoms. The third-order valence-corrected chi connectivity index (χ3v) is 3.87. The molecule has 2 aliphatic heterocycles. The SMILES string of the molecule is CCC1C2OC2C(CC)[N+]1(C)C. The van der Waals surface area contributed by atoms with Crippen molar-refractivity contribution in [3.05, 3.63) is 0 Å². The van der Waals surface area contributed by atoms with E-state index in [1.807, 2.05) is 0 Å². The lowest BCUT2D eigenvalue weighted by atomic mass is 10.1. The lowest BCUT2D eigenvalue weighted by molar-refractivity contribution is -0.932. The van der Waals surface area contributed by atoms with Crippen molar-refractivity contribution >= 4 is 0 Å². The first-order valence-electron chi connectivity index (χ1n) is 5.11. The van der Waals surface area contributed by atoms with Gasteiger partial charge in [-0.05, 0) is 12.8 Å². The predicted octanol–water partition coefficient (Wildman–Crippen LogP) is 1.40. The van der Waals surface area contributed by atoms with E-state index in [9.17, 15) is 0 Å². The van der Waals surface area contributed by atoms with Crippen LogP contribution in [0.2, 0.25) is 0 Å². The molecule has 4 unspecified atom stereocenters. The molecular weight excluding hydrogens is 150 g/mol. The zero-order chi connectivity index (χ0) is 8.93. The maximum Gasteiger partial charge on any atom is 0.142 e. The number of fused-ring (bicyclic) bond motifs is 1. The van der Waals surface area contributed by atoms with Gasteiger partial charge in [0.05, 0.1) is 14.1 Å². The summed E-state index contributed by atoms with van der Waals surface area (Å²) in [5.41, 5.74) is 0. The average molecular weight is 170 g/mol. The van der Waals surface area contributed by atoms with Gasteiger partial charge in [-0.2, -0.15) is 0 Å². The van der Waals surface area contributed by atoms with Gasteiger partial charge in [-0.25, -0.2) is 0 Å². The molecule has 0 N–H and O–H groups in total. The van der Waals surface area contributed by atoms with Crippen molar-refractivity contribution in [2.24, 2.45) is 0 Å². The summed E-state index contributed by atoms with van der Waals surface area (Å²) < 4.78 is 6.86. The minimum atomic E-state index is 0.593. The van der Waals surface area contributed by atoms with Crippen LogP contribution >= 0.6 is 0 Å². The summed E-state index contributed by atoms with van der Waals surface area (Å²) in [4.78, 5) is 0. The van der Waals surface area contributed by atoms with Crippen LogP contribution in [0.15, 0.2) is 0 Å². The van der Waals surface area contributed by atoms with E-state index in [4.69, 9.17) is 4.74 Å². The molecule has 2 heteroatoms. The molecule has 0 aliphatic carbocycles. The molecule has 0 aromatic rings. The van der Waals surface area contributed by atoms with E-state index < -0.39 is 0 Å². The Hall–Kier alpha value is -0.0800. The van der Waals surface area contributed by atoms with Crippen LogP contribution in [0, 0.1) is 0 Å². The third-order valence-electron chi connectivity index (χ3n) is 3.87. The van der Waals surface area contributed by atoms with Gasteiger partial charge in [0.25, 0.3) is 0 Å². The van der Waals surface area contributed by atoms with Crippen molar-refractivity contribution in [2.45, 2.75) is 51.0 Å². The van der Waals surface area contributed by atoms with E-state index in [1.54, 1.807) is 0 Å². The normalized spacial score (nSPS) is 49.0. The molecule has 0 saturated carbocycles. The average Bonchev–Trinajstić information content (AvgIpc) is 2.66. The van der Waals surface area contributed by atoms with Gasteiger partial charge in [-0.1, -0.05) is 13.8 Å². The Morgan fingerprint density at radius 1 is 1.00 bits per heavy atom. The Bertz CT molecular complexity index is 172. The number of likely N-dealkylation sites (N-methyl/N-ethyl adjacent to an activating group) is 1. The van der Waals surface area contributed by atoms with Gasteiger partial charge in [-0.3, -0.25) is 0 Å². The molecule has 0 spiro atoms. The highest BCUT2D eigenvalue weighted by atomic mass is 16.6. The fourth-order valence-corrected chi connectivity index (χ4v) is 3.16. The zero-order valence-electron chi connectivity index (χ0n) is 8.58. The minimum absolute atomic E-state index is 0.593. The summed E-state index contributed by atoms with van der Waals surface area (Å²) in [6, 6.07) is 1.50. The fraction of sp³-hybridized carbons (Fsp3) is 1.00. The monoisotopic (exact) mass is 170 g/mol. The molecule has 2 fully saturated rings. The molecule has 0 aromatic carbocycles.